The highest BCUT2D eigenvalue weighted by Gasteiger charge is 2.05. The molecular weight excluding hydrogens is 104 g/mol. The minimum absolute atomic E-state index is 1.06. The molecule has 0 atom stereocenters. The van der Waals surface area contributed by atoms with E-state index in [1.54, 1.807) is 0 Å². The summed E-state index contributed by atoms with van der Waals surface area (Å²) in [6, 6.07) is 0. The van der Waals surface area contributed by atoms with Gasteiger partial charge in [0.15, 0.2) is 0 Å². The minimum Gasteiger partial charge on any atom is -0.231 e. The molecule has 0 aromatic carbocycles. The van der Waals surface area contributed by atoms with Gasteiger partial charge in [0, 0.05) is 27.2 Å². The van der Waals surface area contributed by atoms with E-state index >= 15 is 0 Å². The van der Waals surface area contributed by atoms with Crippen molar-refractivity contribution < 1.29 is 0 Å². The second-order valence-corrected chi connectivity index (χ2v) is 2.07. The van der Waals surface area contributed by atoms with E-state index < -0.39 is 0 Å². The fourth-order valence-electron chi connectivity index (χ4n) is 0.583. The Hall–Kier alpha value is -0.160. The van der Waals surface area contributed by atoms with Gasteiger partial charge in [0.2, 0.25) is 0 Å². The highest BCUT2D eigenvalue weighted by atomic mass is 15.8. The first-order chi connectivity index (χ1) is 3.79. The third-order valence-corrected chi connectivity index (χ3v) is 1.20. The van der Waals surface area contributed by atoms with E-state index in [-0.39, 0.29) is 0 Å². The van der Waals surface area contributed by atoms with Crippen LogP contribution in [0.15, 0.2) is 0 Å². The summed E-state index contributed by atoms with van der Waals surface area (Å²) in [4.78, 5) is 0. The summed E-state index contributed by atoms with van der Waals surface area (Å²) in [6.07, 6.45) is 0. The van der Waals surface area contributed by atoms with Crippen LogP contribution >= 0.6 is 0 Å². The predicted octanol–water partition coefficient (Wildman–Crippen LogP) is -1.21. The van der Waals surface area contributed by atoms with Crippen molar-refractivity contribution in [3.8, 4) is 0 Å². The summed E-state index contributed by atoms with van der Waals surface area (Å²) in [5.74, 6) is 0. The zero-order valence-electron chi connectivity index (χ0n) is 5.31. The van der Waals surface area contributed by atoms with Crippen molar-refractivity contribution in [1.82, 2.24) is 21.1 Å². The van der Waals surface area contributed by atoms with Gasteiger partial charge in [-0.2, -0.15) is 11.1 Å². The third-order valence-electron chi connectivity index (χ3n) is 1.20. The van der Waals surface area contributed by atoms with Gasteiger partial charge >= 0.3 is 0 Å². The molecule has 0 aromatic heterocycles. The molecule has 1 saturated heterocycles. The van der Waals surface area contributed by atoms with Crippen LogP contribution in [0.4, 0.5) is 0 Å². The molecule has 2 N–H and O–H groups in total. The van der Waals surface area contributed by atoms with Crippen molar-refractivity contribution in [2.24, 2.45) is 0 Å². The Morgan fingerprint density at radius 3 is 1.62 bits per heavy atom. The molecule has 0 bridgehead atoms. The second-order valence-electron chi connectivity index (χ2n) is 2.07. The Morgan fingerprint density at radius 2 is 1.38 bits per heavy atom. The number of hydrazine groups is 3. The van der Waals surface area contributed by atoms with Gasteiger partial charge in [0.1, 0.15) is 0 Å². The van der Waals surface area contributed by atoms with Gasteiger partial charge in [-0.3, -0.25) is 0 Å². The molecule has 4 nitrogen and oxygen atoms in total. The molecule has 0 aromatic rings. The number of hydrogen-bond donors (Lipinski definition) is 2. The van der Waals surface area contributed by atoms with Gasteiger partial charge in [-0.15, -0.1) is 0 Å². The largest absolute Gasteiger partial charge is 0.231 e. The highest BCUT2D eigenvalue weighted by molar-refractivity contribution is 4.51. The lowest BCUT2D eigenvalue weighted by molar-refractivity contribution is 0.0251. The SMILES string of the molecule is CN1CCN(C)NN1. The van der Waals surface area contributed by atoms with Crippen LogP contribution in [0.3, 0.4) is 0 Å². The summed E-state index contributed by atoms with van der Waals surface area (Å²) < 4.78 is 0. The van der Waals surface area contributed by atoms with E-state index in [0.717, 1.165) is 13.1 Å². The average molecular weight is 116 g/mol. The molecule has 1 rings (SSSR count). The van der Waals surface area contributed by atoms with Crippen LogP contribution in [0.2, 0.25) is 0 Å². The van der Waals surface area contributed by atoms with Crippen molar-refractivity contribution in [2.75, 3.05) is 27.2 Å². The molecule has 0 amide bonds. The van der Waals surface area contributed by atoms with E-state index in [9.17, 15) is 0 Å². The molecule has 1 aliphatic rings. The van der Waals surface area contributed by atoms with Crippen LogP contribution in [-0.2, 0) is 0 Å². The van der Waals surface area contributed by atoms with Gasteiger partial charge in [-0.25, -0.2) is 10.0 Å². The fraction of sp³-hybridized carbons (Fsp3) is 1.00. The Balaban J connectivity index is 2.19. The van der Waals surface area contributed by atoms with Crippen molar-refractivity contribution >= 4 is 0 Å². The lowest BCUT2D eigenvalue weighted by Gasteiger charge is -2.30. The molecule has 0 unspecified atom stereocenters. The van der Waals surface area contributed by atoms with Gasteiger partial charge < -0.3 is 0 Å². The van der Waals surface area contributed by atoms with Crippen molar-refractivity contribution in [3.63, 3.8) is 0 Å². The Morgan fingerprint density at radius 1 is 1.00 bits per heavy atom. The maximum atomic E-state index is 2.94. The van der Waals surface area contributed by atoms with Gasteiger partial charge in [0.05, 0.1) is 0 Å². The first-order valence-corrected chi connectivity index (χ1v) is 2.72. The summed E-state index contributed by atoms with van der Waals surface area (Å²) in [5.41, 5.74) is 5.88. The topological polar surface area (TPSA) is 30.5 Å². The van der Waals surface area contributed by atoms with Crippen molar-refractivity contribution in [2.45, 2.75) is 0 Å². The maximum absolute atomic E-state index is 2.94. The molecule has 1 heterocycles. The summed E-state index contributed by atoms with van der Waals surface area (Å²) in [6.45, 7) is 2.12. The van der Waals surface area contributed by atoms with Crippen LogP contribution in [-0.4, -0.2) is 37.2 Å². The quantitative estimate of drug-likeness (QED) is 0.415. The monoisotopic (exact) mass is 116 g/mol. The number of hydrogen-bond acceptors (Lipinski definition) is 4. The average Bonchev–Trinajstić information content (AvgIpc) is 1.77. The van der Waals surface area contributed by atoms with Crippen LogP contribution in [0.1, 0.15) is 0 Å². The number of nitrogens with zero attached hydrogens (tertiary/aromatic N) is 2. The Kier molecular flexibility index (Phi) is 1.80. The molecule has 1 aliphatic heterocycles. The fourth-order valence-corrected chi connectivity index (χ4v) is 0.583. The van der Waals surface area contributed by atoms with Gasteiger partial charge in [-0.05, 0) is 0 Å². The molecule has 0 saturated carbocycles. The summed E-state index contributed by atoms with van der Waals surface area (Å²) in [7, 11) is 4.00. The van der Waals surface area contributed by atoms with Crippen LogP contribution in [0, 0.1) is 0 Å². The maximum Gasteiger partial charge on any atom is 0.0283 e. The van der Waals surface area contributed by atoms with Crippen molar-refractivity contribution in [1.29, 1.82) is 0 Å². The zero-order chi connectivity index (χ0) is 5.98. The number of likely N-dealkylation sites (N-methyl/N-ethyl adjacent to an activating group) is 2. The molecule has 8 heavy (non-hydrogen) atoms. The smallest absolute Gasteiger partial charge is 0.0283 e. The molecule has 4 heteroatoms. The first-order valence-electron chi connectivity index (χ1n) is 2.72. The normalized spacial score (nSPS) is 26.2. The predicted molar refractivity (Wildman–Crippen MR) is 31.5 cm³/mol. The Bertz CT molecular complexity index is 56.4. The van der Waals surface area contributed by atoms with E-state index in [1.165, 1.54) is 0 Å². The molecule has 48 valence electrons. The molecular formula is C4H12N4. The molecule has 0 aliphatic carbocycles. The second kappa shape index (κ2) is 2.41. The lowest BCUT2D eigenvalue weighted by Crippen LogP contribution is -2.59. The number of rotatable bonds is 0. The van der Waals surface area contributed by atoms with Gasteiger partial charge in [-0.1, -0.05) is 0 Å². The summed E-state index contributed by atoms with van der Waals surface area (Å²) >= 11 is 0. The van der Waals surface area contributed by atoms with E-state index in [1.807, 2.05) is 24.1 Å². The first kappa shape index (κ1) is 5.97. The number of nitrogens with one attached hydrogen (secondary N) is 2. The van der Waals surface area contributed by atoms with Gasteiger partial charge in [0.25, 0.3) is 0 Å². The highest BCUT2D eigenvalue weighted by Crippen LogP contribution is 1.82. The molecule has 0 radical (unpaired) electrons. The minimum atomic E-state index is 1.06. The lowest BCUT2D eigenvalue weighted by atomic mass is 10.6. The zero-order valence-corrected chi connectivity index (χ0v) is 5.31. The van der Waals surface area contributed by atoms with Crippen molar-refractivity contribution in [3.05, 3.63) is 0 Å². The van der Waals surface area contributed by atoms with E-state index in [4.69, 9.17) is 0 Å². The van der Waals surface area contributed by atoms with E-state index in [2.05, 4.69) is 11.1 Å². The standard InChI is InChI=1S/C4H12N4/c1-7-3-4-8(2)6-5-7/h5-6H,3-4H2,1-2H3. The summed E-state index contributed by atoms with van der Waals surface area (Å²) in [5, 5.41) is 4.00. The molecule has 1 fully saturated rings. The third kappa shape index (κ3) is 1.41. The van der Waals surface area contributed by atoms with Crippen LogP contribution in [0.25, 0.3) is 0 Å². The van der Waals surface area contributed by atoms with Crippen LogP contribution in [0.5, 0.6) is 0 Å². The van der Waals surface area contributed by atoms with Crippen LogP contribution < -0.4 is 11.1 Å². The van der Waals surface area contributed by atoms with E-state index in [0.29, 0.717) is 0 Å². The Labute approximate surface area is 49.4 Å². The molecule has 0 spiro atoms.